The minimum Gasteiger partial charge on any atom is -0.494 e. The molecule has 0 saturated heterocycles. The number of nitrogens with zero attached hydrogens (tertiary/aromatic N) is 3. The molecule has 1 heterocycles. The molecule has 2 aliphatic carbocycles. The average Bonchev–Trinajstić information content (AvgIpc) is 3.08. The number of nitrogens with one attached hydrogen (secondary N) is 3. The molecule has 186 valence electrons. The van der Waals surface area contributed by atoms with Gasteiger partial charge in [-0.25, -0.2) is 4.39 Å². The molecule has 0 radical (unpaired) electrons. The number of nitrogens with two attached hydrogens (primary N) is 1. The lowest BCUT2D eigenvalue weighted by atomic mass is 9.82. The number of hydrogen-bond donors (Lipinski definition) is 4. The molecule has 5 N–H and O–H groups in total. The predicted octanol–water partition coefficient (Wildman–Crippen LogP) is 5.22. The van der Waals surface area contributed by atoms with Gasteiger partial charge in [-0.1, -0.05) is 25.7 Å². The number of rotatable bonds is 8. The Hall–Kier alpha value is -2.68. The van der Waals surface area contributed by atoms with Crippen LogP contribution in [0.5, 0.6) is 5.75 Å². The van der Waals surface area contributed by atoms with Gasteiger partial charge in [0.15, 0.2) is 11.6 Å². The summed E-state index contributed by atoms with van der Waals surface area (Å²) in [4.78, 5) is 13.9. The Kier molecular flexibility index (Phi) is 8.37. The van der Waals surface area contributed by atoms with Crippen LogP contribution < -0.4 is 26.4 Å². The van der Waals surface area contributed by atoms with Gasteiger partial charge >= 0.3 is 0 Å². The van der Waals surface area contributed by atoms with E-state index in [2.05, 4.69) is 32.8 Å². The van der Waals surface area contributed by atoms with Crippen molar-refractivity contribution in [2.24, 2.45) is 11.7 Å². The third-order valence-electron chi connectivity index (χ3n) is 7.11. The van der Waals surface area contributed by atoms with Gasteiger partial charge in [-0.15, -0.1) is 0 Å². The summed E-state index contributed by atoms with van der Waals surface area (Å²) >= 11 is 0. The van der Waals surface area contributed by atoms with Crippen LogP contribution in [0.25, 0.3) is 0 Å². The summed E-state index contributed by atoms with van der Waals surface area (Å²) in [5.74, 6) is 1.71. The highest BCUT2D eigenvalue weighted by Gasteiger charge is 2.24. The number of ether oxygens (including phenoxy) is 1. The minimum atomic E-state index is -0.444. The van der Waals surface area contributed by atoms with E-state index in [0.717, 1.165) is 38.5 Å². The van der Waals surface area contributed by atoms with Gasteiger partial charge in [0.25, 0.3) is 0 Å². The Morgan fingerprint density at radius 2 is 1.62 bits per heavy atom. The van der Waals surface area contributed by atoms with Crippen molar-refractivity contribution in [3.8, 4) is 5.75 Å². The van der Waals surface area contributed by atoms with Crippen LogP contribution in [0.3, 0.4) is 0 Å². The largest absolute Gasteiger partial charge is 0.494 e. The topological polar surface area (TPSA) is 110 Å². The molecule has 0 aliphatic heterocycles. The van der Waals surface area contributed by atoms with E-state index >= 15 is 0 Å². The molecule has 2 fully saturated rings. The number of hydrogen-bond acceptors (Lipinski definition) is 8. The first kappa shape index (κ1) is 24.4. The molecule has 1 aromatic carbocycles. The fourth-order valence-corrected chi connectivity index (χ4v) is 5.01. The third kappa shape index (κ3) is 6.68. The SMILES string of the molecule is COc1ccc(Nc2nc(NC3CCCCCC3)nc(NC(C)C3CCC(N)CC3)n2)cc1F. The normalized spacial score (nSPS) is 22.5. The second-order valence-electron chi connectivity index (χ2n) is 9.72. The van der Waals surface area contributed by atoms with E-state index in [9.17, 15) is 4.39 Å². The molecular formula is C25H38FN7O. The molecule has 34 heavy (non-hydrogen) atoms. The molecule has 2 aromatic rings. The van der Waals surface area contributed by atoms with Gasteiger partial charge in [0, 0.05) is 29.9 Å². The fourth-order valence-electron chi connectivity index (χ4n) is 5.01. The zero-order valence-electron chi connectivity index (χ0n) is 20.3. The zero-order chi connectivity index (χ0) is 23.9. The van der Waals surface area contributed by atoms with Crippen LogP contribution in [-0.4, -0.2) is 40.2 Å². The number of halogens is 1. The molecule has 0 amide bonds. The summed E-state index contributed by atoms with van der Waals surface area (Å²) in [6.45, 7) is 2.18. The predicted molar refractivity (Wildman–Crippen MR) is 134 cm³/mol. The van der Waals surface area contributed by atoms with Crippen LogP contribution in [-0.2, 0) is 0 Å². The molecule has 9 heteroatoms. The first-order valence-corrected chi connectivity index (χ1v) is 12.7. The molecule has 2 aliphatic rings. The highest BCUT2D eigenvalue weighted by atomic mass is 19.1. The van der Waals surface area contributed by atoms with Crippen molar-refractivity contribution in [2.45, 2.75) is 89.3 Å². The van der Waals surface area contributed by atoms with Gasteiger partial charge < -0.3 is 26.4 Å². The first-order valence-electron chi connectivity index (χ1n) is 12.7. The molecule has 1 atom stereocenters. The van der Waals surface area contributed by atoms with Gasteiger partial charge in [0.1, 0.15) is 0 Å². The minimum absolute atomic E-state index is 0.195. The Morgan fingerprint density at radius 1 is 0.941 bits per heavy atom. The smallest absolute Gasteiger partial charge is 0.233 e. The molecule has 2 saturated carbocycles. The lowest BCUT2D eigenvalue weighted by Gasteiger charge is -2.31. The highest BCUT2D eigenvalue weighted by molar-refractivity contribution is 5.57. The van der Waals surface area contributed by atoms with Crippen molar-refractivity contribution >= 4 is 23.5 Å². The number of aromatic nitrogens is 3. The van der Waals surface area contributed by atoms with Crippen LogP contribution in [0.4, 0.5) is 27.9 Å². The first-order chi connectivity index (χ1) is 16.5. The second-order valence-corrected chi connectivity index (χ2v) is 9.72. The van der Waals surface area contributed by atoms with Crippen molar-refractivity contribution in [1.82, 2.24) is 15.0 Å². The molecule has 1 unspecified atom stereocenters. The fraction of sp³-hybridized carbons (Fsp3) is 0.640. The lowest BCUT2D eigenvalue weighted by molar-refractivity contribution is 0.301. The highest BCUT2D eigenvalue weighted by Crippen LogP contribution is 2.28. The number of methoxy groups -OCH3 is 1. The van der Waals surface area contributed by atoms with Crippen LogP contribution >= 0.6 is 0 Å². The lowest BCUT2D eigenvalue weighted by Crippen LogP contribution is -2.34. The number of benzene rings is 1. The van der Waals surface area contributed by atoms with Crippen LogP contribution in [0.15, 0.2) is 18.2 Å². The molecule has 1 aromatic heterocycles. The van der Waals surface area contributed by atoms with E-state index in [1.807, 2.05) is 0 Å². The van der Waals surface area contributed by atoms with Crippen molar-refractivity contribution in [3.05, 3.63) is 24.0 Å². The van der Waals surface area contributed by atoms with Crippen molar-refractivity contribution < 1.29 is 9.13 Å². The van der Waals surface area contributed by atoms with Gasteiger partial charge in [-0.05, 0) is 63.5 Å². The summed E-state index contributed by atoms with van der Waals surface area (Å²) < 4.78 is 19.2. The van der Waals surface area contributed by atoms with Gasteiger partial charge in [0.2, 0.25) is 17.8 Å². The van der Waals surface area contributed by atoms with E-state index in [1.165, 1.54) is 38.9 Å². The van der Waals surface area contributed by atoms with Crippen molar-refractivity contribution in [1.29, 1.82) is 0 Å². The van der Waals surface area contributed by atoms with E-state index in [0.29, 0.717) is 41.5 Å². The Bertz CT molecular complexity index is 927. The van der Waals surface area contributed by atoms with Crippen molar-refractivity contribution in [3.63, 3.8) is 0 Å². The monoisotopic (exact) mass is 471 g/mol. The summed E-state index contributed by atoms with van der Waals surface area (Å²) in [6, 6.07) is 5.58. The number of anilines is 4. The van der Waals surface area contributed by atoms with Gasteiger partial charge in [-0.3, -0.25) is 0 Å². The summed E-state index contributed by atoms with van der Waals surface area (Å²) in [7, 11) is 1.45. The molecule has 0 bridgehead atoms. The Balaban J connectivity index is 1.53. The van der Waals surface area contributed by atoms with Crippen LogP contribution in [0.1, 0.15) is 71.1 Å². The zero-order valence-corrected chi connectivity index (χ0v) is 20.3. The summed E-state index contributed by atoms with van der Waals surface area (Å²) in [5.41, 5.74) is 6.63. The van der Waals surface area contributed by atoms with Crippen molar-refractivity contribution in [2.75, 3.05) is 23.1 Å². The second kappa shape index (κ2) is 11.6. The van der Waals surface area contributed by atoms with Gasteiger partial charge in [0.05, 0.1) is 7.11 Å². The standard InChI is InChI=1S/C25H38FN7O/c1-16(17-9-11-18(27)12-10-17)28-23-31-24(29-19-7-5-3-4-6-8-19)33-25(32-23)30-20-13-14-22(34-2)21(26)15-20/h13-19H,3-12,27H2,1-2H3,(H3,28,29,30,31,32,33). The quantitative estimate of drug-likeness (QED) is 0.388. The summed E-state index contributed by atoms with van der Waals surface area (Å²) in [5, 5.41) is 10.1. The molecule has 8 nitrogen and oxygen atoms in total. The van der Waals surface area contributed by atoms with Crippen LogP contribution in [0.2, 0.25) is 0 Å². The maximum atomic E-state index is 14.2. The van der Waals surface area contributed by atoms with Crippen LogP contribution in [0, 0.1) is 11.7 Å². The van der Waals surface area contributed by atoms with E-state index < -0.39 is 5.82 Å². The molecule has 0 spiro atoms. The maximum absolute atomic E-state index is 14.2. The van der Waals surface area contributed by atoms with E-state index in [4.69, 9.17) is 15.5 Å². The Morgan fingerprint density at radius 3 is 2.29 bits per heavy atom. The Labute approximate surface area is 201 Å². The third-order valence-corrected chi connectivity index (χ3v) is 7.11. The van der Waals surface area contributed by atoms with Gasteiger partial charge in [-0.2, -0.15) is 15.0 Å². The van der Waals surface area contributed by atoms with E-state index in [1.54, 1.807) is 12.1 Å². The average molecular weight is 472 g/mol. The molecule has 4 rings (SSSR count). The summed E-state index contributed by atoms with van der Waals surface area (Å²) in [6.07, 6.45) is 11.5. The molecular weight excluding hydrogens is 433 g/mol. The van der Waals surface area contributed by atoms with E-state index in [-0.39, 0.29) is 11.8 Å². The maximum Gasteiger partial charge on any atom is 0.233 e.